The van der Waals surface area contributed by atoms with Crippen LogP contribution < -0.4 is 14.9 Å². The third-order valence-corrected chi connectivity index (χ3v) is 5.80. The molecule has 1 aliphatic rings. The average Bonchev–Trinajstić information content (AvgIpc) is 2.88. The number of aromatic nitrogens is 1. The Bertz CT molecular complexity index is 1240. The molecule has 0 bridgehead atoms. The predicted octanol–water partition coefficient (Wildman–Crippen LogP) is 4.10. The minimum atomic E-state index is -0.316. The average molecular weight is 475 g/mol. The second-order valence-electron chi connectivity index (χ2n) is 8.40. The van der Waals surface area contributed by atoms with Gasteiger partial charge in [-0.15, -0.1) is 0 Å². The molecule has 1 fully saturated rings. The van der Waals surface area contributed by atoms with Gasteiger partial charge in [0, 0.05) is 24.2 Å². The van der Waals surface area contributed by atoms with E-state index >= 15 is 0 Å². The third-order valence-electron chi connectivity index (χ3n) is 5.80. The van der Waals surface area contributed by atoms with Gasteiger partial charge in [0.15, 0.2) is 18.1 Å². The number of aryl methyl sites for hydroxylation is 1. The number of para-hydroxylation sites is 1. The number of amides is 2. The molecule has 0 spiro atoms. The lowest BCUT2D eigenvalue weighted by Gasteiger charge is -2.26. The molecule has 0 aliphatic carbocycles. The quantitative estimate of drug-likeness (QED) is 0.392. The summed E-state index contributed by atoms with van der Waals surface area (Å²) in [7, 11) is 0. The Balaban J connectivity index is 1.42. The number of carbonyl (C=O) groups excluding carboxylic acids is 2. The third kappa shape index (κ3) is 6.15. The molecular weight excluding hydrogens is 444 g/mol. The van der Waals surface area contributed by atoms with Crippen molar-refractivity contribution in [3.05, 3.63) is 65.4 Å². The molecule has 3 aromatic rings. The van der Waals surface area contributed by atoms with Crippen molar-refractivity contribution in [3.63, 3.8) is 0 Å². The number of hydrogen-bond donors (Lipinski definition) is 1. The van der Waals surface area contributed by atoms with E-state index in [0.29, 0.717) is 23.7 Å². The van der Waals surface area contributed by atoms with Crippen molar-refractivity contribution in [3.8, 4) is 11.5 Å². The van der Waals surface area contributed by atoms with Gasteiger partial charge in [0.05, 0.1) is 23.9 Å². The van der Waals surface area contributed by atoms with Gasteiger partial charge in [-0.05, 0) is 69.0 Å². The van der Waals surface area contributed by atoms with Crippen LogP contribution in [-0.4, -0.2) is 54.2 Å². The topological polar surface area (TPSA) is 93.1 Å². The van der Waals surface area contributed by atoms with Gasteiger partial charge < -0.3 is 14.4 Å². The summed E-state index contributed by atoms with van der Waals surface area (Å²) in [6.45, 7) is 5.73. The van der Waals surface area contributed by atoms with Gasteiger partial charge in [0.1, 0.15) is 0 Å². The van der Waals surface area contributed by atoms with Crippen molar-refractivity contribution in [2.24, 2.45) is 5.10 Å². The minimum Gasteiger partial charge on any atom is -0.490 e. The van der Waals surface area contributed by atoms with E-state index in [2.05, 4.69) is 15.5 Å². The fraction of sp³-hybridized carbons (Fsp3) is 0.333. The minimum absolute atomic E-state index is 0.0145. The number of carbonyl (C=O) groups is 2. The van der Waals surface area contributed by atoms with E-state index < -0.39 is 0 Å². The van der Waals surface area contributed by atoms with Crippen LogP contribution in [0.1, 0.15) is 47.8 Å². The van der Waals surface area contributed by atoms with Gasteiger partial charge in [-0.25, -0.2) is 5.43 Å². The van der Waals surface area contributed by atoms with E-state index in [0.717, 1.165) is 48.1 Å². The van der Waals surface area contributed by atoms with Crippen LogP contribution in [0.5, 0.6) is 11.5 Å². The van der Waals surface area contributed by atoms with Crippen molar-refractivity contribution in [2.45, 2.75) is 33.1 Å². The number of rotatable bonds is 8. The number of piperidine rings is 1. The maximum absolute atomic E-state index is 12.8. The number of pyridine rings is 1. The molecule has 1 aliphatic heterocycles. The number of benzene rings is 2. The fourth-order valence-electron chi connectivity index (χ4n) is 4.09. The Hall–Kier alpha value is -3.94. The van der Waals surface area contributed by atoms with Crippen molar-refractivity contribution >= 4 is 28.9 Å². The highest BCUT2D eigenvalue weighted by Crippen LogP contribution is 2.28. The summed E-state index contributed by atoms with van der Waals surface area (Å²) in [5, 5.41) is 4.89. The van der Waals surface area contributed by atoms with Crippen LogP contribution in [0.2, 0.25) is 0 Å². The zero-order valence-corrected chi connectivity index (χ0v) is 20.1. The van der Waals surface area contributed by atoms with Crippen LogP contribution in [0.25, 0.3) is 10.9 Å². The molecule has 8 nitrogen and oxygen atoms in total. The number of fused-ring (bicyclic) bond motifs is 1. The summed E-state index contributed by atoms with van der Waals surface area (Å²) >= 11 is 0. The molecule has 0 atom stereocenters. The maximum Gasteiger partial charge on any atom is 0.272 e. The molecule has 2 aromatic carbocycles. The van der Waals surface area contributed by atoms with Crippen molar-refractivity contribution in [2.75, 3.05) is 26.3 Å². The van der Waals surface area contributed by atoms with Crippen molar-refractivity contribution in [1.29, 1.82) is 0 Å². The lowest BCUT2D eigenvalue weighted by Crippen LogP contribution is -2.38. The predicted molar refractivity (Wildman–Crippen MR) is 135 cm³/mol. The molecule has 0 saturated carbocycles. The highest BCUT2D eigenvalue weighted by molar-refractivity contribution is 6.06. The fourth-order valence-corrected chi connectivity index (χ4v) is 4.09. The number of hydrazone groups is 1. The van der Waals surface area contributed by atoms with Crippen LogP contribution in [0.15, 0.2) is 53.6 Å². The first kappa shape index (κ1) is 24.2. The second-order valence-corrected chi connectivity index (χ2v) is 8.40. The van der Waals surface area contributed by atoms with Gasteiger partial charge in [0.25, 0.3) is 11.8 Å². The van der Waals surface area contributed by atoms with E-state index in [-0.39, 0.29) is 18.4 Å². The van der Waals surface area contributed by atoms with E-state index in [1.165, 1.54) is 6.42 Å². The summed E-state index contributed by atoms with van der Waals surface area (Å²) in [5.41, 5.74) is 5.35. The molecule has 182 valence electrons. The zero-order chi connectivity index (χ0) is 24.6. The molecule has 1 aromatic heterocycles. The van der Waals surface area contributed by atoms with E-state index in [1.807, 2.05) is 43.0 Å². The van der Waals surface area contributed by atoms with Crippen LogP contribution in [0, 0.1) is 6.92 Å². The lowest BCUT2D eigenvalue weighted by atomic mass is 10.1. The van der Waals surface area contributed by atoms with Gasteiger partial charge >= 0.3 is 0 Å². The lowest BCUT2D eigenvalue weighted by molar-refractivity contribution is -0.134. The Morgan fingerprint density at radius 2 is 1.86 bits per heavy atom. The number of ether oxygens (including phenoxy) is 2. The summed E-state index contributed by atoms with van der Waals surface area (Å²) in [6.07, 6.45) is 4.79. The zero-order valence-electron chi connectivity index (χ0n) is 20.1. The summed E-state index contributed by atoms with van der Waals surface area (Å²) < 4.78 is 11.5. The van der Waals surface area contributed by atoms with Crippen LogP contribution >= 0.6 is 0 Å². The molecular formula is C27H30N4O4. The van der Waals surface area contributed by atoms with Crippen LogP contribution in [0.4, 0.5) is 0 Å². The SMILES string of the molecule is CCOc1cc(C=NNC(=O)c2cc(C)nc3ccccc23)ccc1OCC(=O)N1CCCCC1. The smallest absolute Gasteiger partial charge is 0.272 e. The van der Waals surface area contributed by atoms with E-state index in [4.69, 9.17) is 9.47 Å². The molecule has 1 saturated heterocycles. The van der Waals surface area contributed by atoms with Crippen molar-refractivity contribution < 1.29 is 19.1 Å². The van der Waals surface area contributed by atoms with Gasteiger partial charge in [-0.2, -0.15) is 5.10 Å². The second kappa shape index (κ2) is 11.5. The monoisotopic (exact) mass is 474 g/mol. The van der Waals surface area contributed by atoms with Gasteiger partial charge in [-0.1, -0.05) is 18.2 Å². The standard InChI is InChI=1S/C27H30N4O4/c1-3-34-25-16-20(11-12-24(25)35-18-26(32)31-13-7-4-8-14-31)17-28-30-27(33)22-15-19(2)29-23-10-6-5-9-21(22)23/h5-6,9-12,15-17H,3-4,7-8,13-14,18H2,1-2H3,(H,30,33). The highest BCUT2D eigenvalue weighted by Gasteiger charge is 2.18. The number of likely N-dealkylation sites (tertiary alicyclic amines) is 1. The summed E-state index contributed by atoms with van der Waals surface area (Å²) in [6, 6.07) is 14.6. The van der Waals surface area contributed by atoms with Gasteiger partial charge in [-0.3, -0.25) is 14.6 Å². The summed E-state index contributed by atoms with van der Waals surface area (Å²) in [4.78, 5) is 31.5. The molecule has 4 rings (SSSR count). The Kier molecular flexibility index (Phi) is 7.92. The Morgan fingerprint density at radius 1 is 1.06 bits per heavy atom. The van der Waals surface area contributed by atoms with Crippen LogP contribution in [-0.2, 0) is 4.79 Å². The molecule has 2 amide bonds. The molecule has 2 heterocycles. The number of nitrogens with zero attached hydrogens (tertiary/aromatic N) is 3. The summed E-state index contributed by atoms with van der Waals surface area (Å²) in [5.74, 6) is 0.686. The first-order valence-corrected chi connectivity index (χ1v) is 11.9. The first-order chi connectivity index (χ1) is 17.0. The maximum atomic E-state index is 12.8. The van der Waals surface area contributed by atoms with Crippen molar-refractivity contribution in [1.82, 2.24) is 15.3 Å². The molecule has 1 N–H and O–H groups in total. The molecule has 8 heteroatoms. The van der Waals surface area contributed by atoms with Crippen LogP contribution in [0.3, 0.4) is 0 Å². The van der Waals surface area contributed by atoms with E-state index in [9.17, 15) is 9.59 Å². The first-order valence-electron chi connectivity index (χ1n) is 11.9. The highest BCUT2D eigenvalue weighted by atomic mass is 16.5. The normalized spacial score (nSPS) is 13.7. The largest absolute Gasteiger partial charge is 0.490 e. The van der Waals surface area contributed by atoms with Gasteiger partial charge in [0.2, 0.25) is 0 Å². The Morgan fingerprint density at radius 3 is 2.66 bits per heavy atom. The number of nitrogens with one attached hydrogen (secondary N) is 1. The van der Waals surface area contributed by atoms with E-state index in [1.54, 1.807) is 30.5 Å². The molecule has 35 heavy (non-hydrogen) atoms. The number of hydrogen-bond acceptors (Lipinski definition) is 6. The molecule has 0 unspecified atom stereocenters. The molecule has 0 radical (unpaired) electrons. The Labute approximate surface area is 204 Å².